The first-order valence-electron chi connectivity index (χ1n) is 10.1. The average Bonchev–Trinajstić information content (AvgIpc) is 2.83. The van der Waals surface area contributed by atoms with Gasteiger partial charge in [-0.2, -0.15) is 0 Å². The van der Waals surface area contributed by atoms with E-state index in [1.165, 1.54) is 39.3 Å². The third kappa shape index (κ3) is 6.46. The quantitative estimate of drug-likeness (QED) is 0.477. The van der Waals surface area contributed by atoms with Gasteiger partial charge < -0.3 is 24.3 Å². The third-order valence-corrected chi connectivity index (χ3v) is 4.71. The van der Waals surface area contributed by atoms with Crippen LogP contribution in [0.2, 0.25) is 0 Å². The van der Waals surface area contributed by atoms with Crippen LogP contribution in [0.4, 0.5) is 10.1 Å². The third-order valence-electron chi connectivity index (χ3n) is 4.71. The van der Waals surface area contributed by atoms with Crippen LogP contribution in [0.3, 0.4) is 0 Å². The van der Waals surface area contributed by atoms with Crippen molar-refractivity contribution < 1.29 is 32.9 Å². The minimum absolute atomic E-state index is 0.208. The Morgan fingerprint density at radius 2 is 1.70 bits per heavy atom. The van der Waals surface area contributed by atoms with E-state index < -0.39 is 18.0 Å². The van der Waals surface area contributed by atoms with Crippen LogP contribution in [0, 0.1) is 5.82 Å². The molecule has 0 bridgehead atoms. The van der Waals surface area contributed by atoms with E-state index in [1.807, 2.05) is 0 Å². The summed E-state index contributed by atoms with van der Waals surface area (Å²) in [5.41, 5.74) is 1.40. The number of anilines is 1. The molecule has 33 heavy (non-hydrogen) atoms. The molecule has 0 saturated heterocycles. The molecule has 0 fully saturated rings. The molecular weight excluding hydrogens is 429 g/mol. The summed E-state index contributed by atoms with van der Waals surface area (Å²) >= 11 is 0. The highest BCUT2D eigenvalue weighted by Crippen LogP contribution is 2.29. The molecule has 1 atom stereocenters. The first kappa shape index (κ1) is 23.6. The van der Waals surface area contributed by atoms with E-state index in [9.17, 15) is 14.0 Å². The smallest absolute Gasteiger partial charge is 0.339 e. The second-order valence-electron chi connectivity index (χ2n) is 7.05. The molecule has 7 nitrogen and oxygen atoms in total. The molecule has 3 aromatic carbocycles. The van der Waals surface area contributed by atoms with Gasteiger partial charge in [0.25, 0.3) is 5.91 Å². The van der Waals surface area contributed by atoms with E-state index in [2.05, 4.69) is 5.32 Å². The van der Waals surface area contributed by atoms with Crippen molar-refractivity contribution in [3.8, 4) is 17.2 Å². The first-order valence-corrected chi connectivity index (χ1v) is 10.1. The first-order chi connectivity index (χ1) is 15.9. The van der Waals surface area contributed by atoms with Crippen LogP contribution >= 0.6 is 0 Å². The molecular formula is C25H24FNO6. The van der Waals surface area contributed by atoms with Gasteiger partial charge in [0, 0.05) is 6.07 Å². The van der Waals surface area contributed by atoms with E-state index in [1.54, 1.807) is 48.5 Å². The van der Waals surface area contributed by atoms with Crippen LogP contribution in [-0.2, 0) is 16.1 Å². The van der Waals surface area contributed by atoms with Gasteiger partial charge in [-0.05, 0) is 55.0 Å². The Balaban J connectivity index is 1.60. The number of ether oxygens (including phenoxy) is 4. The topological polar surface area (TPSA) is 83.1 Å². The number of methoxy groups -OCH3 is 2. The van der Waals surface area contributed by atoms with Gasteiger partial charge in [0.1, 0.15) is 29.7 Å². The van der Waals surface area contributed by atoms with Crippen LogP contribution in [0.1, 0.15) is 22.8 Å². The summed E-state index contributed by atoms with van der Waals surface area (Å²) in [7, 11) is 2.99. The number of carbonyl (C=O) groups is 2. The molecule has 172 valence electrons. The Morgan fingerprint density at radius 1 is 0.939 bits per heavy atom. The predicted molar refractivity (Wildman–Crippen MR) is 120 cm³/mol. The largest absolute Gasteiger partial charge is 0.497 e. The van der Waals surface area contributed by atoms with Gasteiger partial charge in [0.15, 0.2) is 6.10 Å². The van der Waals surface area contributed by atoms with E-state index >= 15 is 0 Å². The number of hydrogen-bond donors (Lipinski definition) is 1. The fraction of sp³-hybridized carbons (Fsp3) is 0.200. The van der Waals surface area contributed by atoms with E-state index in [0.29, 0.717) is 22.9 Å². The predicted octanol–water partition coefficient (Wildman–Crippen LogP) is 4.61. The molecule has 0 saturated carbocycles. The summed E-state index contributed by atoms with van der Waals surface area (Å²) in [4.78, 5) is 25.1. The number of carbonyl (C=O) groups excluding carboxylic acids is 2. The van der Waals surface area contributed by atoms with Gasteiger partial charge in [0.2, 0.25) is 0 Å². The molecule has 0 aliphatic rings. The molecule has 3 rings (SSSR count). The normalized spacial score (nSPS) is 11.3. The van der Waals surface area contributed by atoms with Crippen LogP contribution in [-0.4, -0.2) is 32.2 Å². The fourth-order valence-electron chi connectivity index (χ4n) is 2.89. The lowest BCUT2D eigenvalue weighted by atomic mass is 10.2. The van der Waals surface area contributed by atoms with Crippen LogP contribution in [0.25, 0.3) is 0 Å². The minimum Gasteiger partial charge on any atom is -0.497 e. The Labute approximate surface area is 191 Å². The Morgan fingerprint density at radius 3 is 2.39 bits per heavy atom. The number of esters is 1. The zero-order chi connectivity index (χ0) is 23.8. The lowest BCUT2D eigenvalue weighted by Crippen LogP contribution is -2.30. The van der Waals surface area contributed by atoms with Crippen molar-refractivity contribution in [2.45, 2.75) is 19.6 Å². The molecule has 0 aliphatic heterocycles. The summed E-state index contributed by atoms with van der Waals surface area (Å²) in [5.74, 6) is -0.124. The van der Waals surface area contributed by atoms with Crippen molar-refractivity contribution in [2.24, 2.45) is 0 Å². The van der Waals surface area contributed by atoms with Crippen molar-refractivity contribution in [1.82, 2.24) is 0 Å². The number of amides is 1. The van der Waals surface area contributed by atoms with Gasteiger partial charge >= 0.3 is 5.97 Å². The molecule has 0 heterocycles. The van der Waals surface area contributed by atoms with E-state index in [0.717, 1.165) is 5.56 Å². The van der Waals surface area contributed by atoms with Crippen molar-refractivity contribution >= 4 is 17.6 Å². The highest BCUT2D eigenvalue weighted by molar-refractivity contribution is 5.98. The molecule has 8 heteroatoms. The maximum absolute atomic E-state index is 13.0. The fourth-order valence-corrected chi connectivity index (χ4v) is 2.89. The molecule has 0 radical (unpaired) electrons. The number of benzene rings is 3. The Bertz CT molecular complexity index is 1120. The maximum Gasteiger partial charge on any atom is 0.339 e. The zero-order valence-corrected chi connectivity index (χ0v) is 18.5. The lowest BCUT2D eigenvalue weighted by Gasteiger charge is -2.16. The van der Waals surface area contributed by atoms with E-state index in [-0.39, 0.29) is 18.0 Å². The Kier molecular flexibility index (Phi) is 7.86. The van der Waals surface area contributed by atoms with Crippen molar-refractivity contribution in [3.05, 3.63) is 83.7 Å². The number of nitrogens with one attached hydrogen (secondary N) is 1. The van der Waals surface area contributed by atoms with Crippen LogP contribution < -0.4 is 19.5 Å². The molecule has 1 N–H and O–H groups in total. The molecule has 3 aromatic rings. The monoisotopic (exact) mass is 453 g/mol. The Hall–Kier alpha value is -4.07. The van der Waals surface area contributed by atoms with Gasteiger partial charge in [-0.15, -0.1) is 0 Å². The molecule has 1 unspecified atom stereocenters. The van der Waals surface area contributed by atoms with Crippen LogP contribution in [0.15, 0.2) is 66.7 Å². The van der Waals surface area contributed by atoms with Crippen LogP contribution in [0.5, 0.6) is 17.2 Å². The standard InChI is InChI=1S/C25H24FNO6/c1-16(24(28)27-22-14-20(30-2)11-12-23(22)31-3)33-25(29)18-5-4-6-21(13-18)32-15-17-7-9-19(26)10-8-17/h4-14,16H,15H2,1-3H3,(H,27,28). The van der Waals surface area contributed by atoms with Crippen molar-refractivity contribution in [1.29, 1.82) is 0 Å². The summed E-state index contributed by atoms with van der Waals surface area (Å²) in [6.45, 7) is 1.68. The second kappa shape index (κ2) is 11.0. The molecule has 0 aromatic heterocycles. The van der Waals surface area contributed by atoms with Crippen molar-refractivity contribution in [2.75, 3.05) is 19.5 Å². The molecule has 0 aliphatic carbocycles. The molecule has 0 spiro atoms. The second-order valence-corrected chi connectivity index (χ2v) is 7.05. The number of rotatable bonds is 9. The van der Waals surface area contributed by atoms with Gasteiger partial charge in [0.05, 0.1) is 25.5 Å². The number of halogens is 1. The maximum atomic E-state index is 13.0. The molecule has 1 amide bonds. The highest BCUT2D eigenvalue weighted by Gasteiger charge is 2.21. The average molecular weight is 453 g/mol. The lowest BCUT2D eigenvalue weighted by molar-refractivity contribution is -0.123. The summed E-state index contributed by atoms with van der Waals surface area (Å²) in [6, 6.07) is 17.3. The summed E-state index contributed by atoms with van der Waals surface area (Å²) in [5, 5.41) is 2.67. The highest BCUT2D eigenvalue weighted by atomic mass is 19.1. The number of hydrogen-bond acceptors (Lipinski definition) is 6. The van der Waals surface area contributed by atoms with Gasteiger partial charge in [-0.3, -0.25) is 4.79 Å². The van der Waals surface area contributed by atoms with Crippen molar-refractivity contribution in [3.63, 3.8) is 0 Å². The summed E-state index contributed by atoms with van der Waals surface area (Å²) in [6.07, 6.45) is -1.07. The van der Waals surface area contributed by atoms with Gasteiger partial charge in [-0.25, -0.2) is 9.18 Å². The SMILES string of the molecule is COc1ccc(OC)c(NC(=O)C(C)OC(=O)c2cccc(OCc3ccc(F)cc3)c2)c1. The van der Waals surface area contributed by atoms with Gasteiger partial charge in [-0.1, -0.05) is 18.2 Å². The minimum atomic E-state index is -1.07. The summed E-state index contributed by atoms with van der Waals surface area (Å²) < 4.78 is 34.4. The zero-order valence-electron chi connectivity index (χ0n) is 18.5. The van der Waals surface area contributed by atoms with E-state index in [4.69, 9.17) is 18.9 Å².